The van der Waals surface area contributed by atoms with E-state index in [0.717, 1.165) is 25.7 Å². The Kier molecular flexibility index (Phi) is 2.84. The second-order valence-electron chi connectivity index (χ2n) is 4.36. The van der Waals surface area contributed by atoms with E-state index >= 15 is 0 Å². The van der Waals surface area contributed by atoms with Crippen LogP contribution in [0.2, 0.25) is 0 Å². The molecule has 2 rings (SSSR count). The van der Waals surface area contributed by atoms with Crippen molar-refractivity contribution >= 4 is 0 Å². The van der Waals surface area contributed by atoms with Crippen LogP contribution in [0, 0.1) is 0 Å². The van der Waals surface area contributed by atoms with E-state index in [0.29, 0.717) is 25.0 Å². The molecule has 2 aliphatic rings. The minimum absolute atomic E-state index is 0.203. The fraction of sp³-hybridized carbons (Fsp3) is 1.00. The van der Waals surface area contributed by atoms with Crippen molar-refractivity contribution in [2.24, 2.45) is 5.73 Å². The van der Waals surface area contributed by atoms with E-state index in [2.05, 4.69) is 0 Å². The molecule has 0 atom stereocenters. The number of ether oxygens (including phenoxy) is 1. The summed E-state index contributed by atoms with van der Waals surface area (Å²) in [6.45, 7) is 0. The van der Waals surface area contributed by atoms with Gasteiger partial charge in [0.25, 0.3) is 0 Å². The highest BCUT2D eigenvalue weighted by Gasteiger charge is 2.32. The lowest BCUT2D eigenvalue weighted by atomic mass is 9.90. The first-order valence-electron chi connectivity index (χ1n) is 5.29. The van der Waals surface area contributed by atoms with Crippen molar-refractivity contribution < 1.29 is 9.13 Å². The quantitative estimate of drug-likeness (QED) is 0.715. The summed E-state index contributed by atoms with van der Waals surface area (Å²) < 4.78 is 18.2. The molecule has 76 valence electrons. The molecule has 0 aromatic heterocycles. The Morgan fingerprint density at radius 2 is 1.62 bits per heavy atom. The van der Waals surface area contributed by atoms with Crippen LogP contribution in [0.5, 0.6) is 0 Å². The summed E-state index contributed by atoms with van der Waals surface area (Å²) in [6.07, 6.45) is 5.45. The fourth-order valence-corrected chi connectivity index (χ4v) is 2.11. The van der Waals surface area contributed by atoms with Gasteiger partial charge in [-0.2, -0.15) is 0 Å². The zero-order valence-corrected chi connectivity index (χ0v) is 7.92. The third-order valence-electron chi connectivity index (χ3n) is 3.14. The Morgan fingerprint density at radius 3 is 2.15 bits per heavy atom. The molecule has 0 amide bonds. The molecule has 2 saturated carbocycles. The third-order valence-corrected chi connectivity index (χ3v) is 3.14. The predicted octanol–water partition coefficient (Wildman–Crippen LogP) is 1.77. The van der Waals surface area contributed by atoms with Crippen LogP contribution in [0.25, 0.3) is 0 Å². The Labute approximate surface area is 78.6 Å². The summed E-state index contributed by atoms with van der Waals surface area (Å²) >= 11 is 0. The van der Waals surface area contributed by atoms with Crippen LogP contribution in [0.4, 0.5) is 4.39 Å². The molecular formula is C10H18FNO. The average Bonchev–Trinajstić information content (AvgIpc) is 2.06. The number of hydrogen-bond acceptors (Lipinski definition) is 2. The Balaban J connectivity index is 1.65. The predicted molar refractivity (Wildman–Crippen MR) is 49.2 cm³/mol. The van der Waals surface area contributed by atoms with Gasteiger partial charge in [0.15, 0.2) is 0 Å². The molecule has 3 heteroatoms. The molecule has 0 aromatic carbocycles. The van der Waals surface area contributed by atoms with E-state index < -0.39 is 6.17 Å². The number of hydrogen-bond donors (Lipinski definition) is 1. The zero-order chi connectivity index (χ0) is 9.26. The monoisotopic (exact) mass is 187 g/mol. The van der Waals surface area contributed by atoms with E-state index in [-0.39, 0.29) is 6.10 Å². The highest BCUT2D eigenvalue weighted by Crippen LogP contribution is 2.30. The highest BCUT2D eigenvalue weighted by atomic mass is 19.1. The first-order valence-corrected chi connectivity index (χ1v) is 5.29. The average molecular weight is 187 g/mol. The topological polar surface area (TPSA) is 35.2 Å². The van der Waals surface area contributed by atoms with Gasteiger partial charge in [-0.3, -0.25) is 0 Å². The lowest BCUT2D eigenvalue weighted by Crippen LogP contribution is -2.38. The third kappa shape index (κ3) is 2.41. The summed E-state index contributed by atoms with van der Waals surface area (Å²) in [5, 5.41) is 0. The van der Waals surface area contributed by atoms with Crippen molar-refractivity contribution in [3.63, 3.8) is 0 Å². The maximum atomic E-state index is 12.5. The molecule has 2 aliphatic carbocycles. The van der Waals surface area contributed by atoms with Crippen LogP contribution in [-0.4, -0.2) is 24.4 Å². The summed E-state index contributed by atoms with van der Waals surface area (Å²) in [5.41, 5.74) is 5.78. The van der Waals surface area contributed by atoms with Crippen LogP contribution in [0.3, 0.4) is 0 Å². The van der Waals surface area contributed by atoms with Gasteiger partial charge in [0.2, 0.25) is 0 Å². The number of nitrogens with two attached hydrogens (primary N) is 1. The second kappa shape index (κ2) is 3.93. The van der Waals surface area contributed by atoms with Crippen molar-refractivity contribution in [3.8, 4) is 0 Å². The minimum atomic E-state index is -0.601. The summed E-state index contributed by atoms with van der Waals surface area (Å²) in [5.74, 6) is 0. The standard InChI is InChI=1S/C10H18FNO/c11-7-5-10(6-7)13-9-3-1-8(12)2-4-9/h7-10H,1-6,12H2. The Morgan fingerprint density at radius 1 is 1.00 bits per heavy atom. The van der Waals surface area contributed by atoms with Gasteiger partial charge in [0.05, 0.1) is 12.2 Å². The molecule has 0 saturated heterocycles. The minimum Gasteiger partial charge on any atom is -0.375 e. The van der Waals surface area contributed by atoms with Gasteiger partial charge in [-0.25, -0.2) is 4.39 Å². The molecule has 2 fully saturated rings. The van der Waals surface area contributed by atoms with E-state index in [1.807, 2.05) is 0 Å². The summed E-state index contributed by atoms with van der Waals surface area (Å²) in [7, 11) is 0. The number of rotatable bonds is 2. The molecule has 0 aliphatic heterocycles. The molecule has 0 spiro atoms. The highest BCUT2D eigenvalue weighted by molar-refractivity contribution is 4.82. The van der Waals surface area contributed by atoms with Gasteiger partial charge in [-0.1, -0.05) is 0 Å². The van der Waals surface area contributed by atoms with Crippen LogP contribution in [-0.2, 0) is 4.74 Å². The molecule has 2 N–H and O–H groups in total. The SMILES string of the molecule is NC1CCC(OC2CC(F)C2)CC1. The molecule has 0 radical (unpaired) electrons. The van der Waals surface area contributed by atoms with Gasteiger partial charge in [-0.05, 0) is 25.7 Å². The normalized spacial score (nSPS) is 45.7. The van der Waals surface area contributed by atoms with Crippen molar-refractivity contribution in [2.45, 2.75) is 62.9 Å². The molecule has 0 heterocycles. The maximum absolute atomic E-state index is 12.5. The van der Waals surface area contributed by atoms with Gasteiger partial charge in [0, 0.05) is 18.9 Å². The second-order valence-corrected chi connectivity index (χ2v) is 4.36. The van der Waals surface area contributed by atoms with E-state index in [4.69, 9.17) is 10.5 Å². The van der Waals surface area contributed by atoms with Crippen molar-refractivity contribution in [1.82, 2.24) is 0 Å². The lowest BCUT2D eigenvalue weighted by molar-refractivity contribution is -0.0933. The van der Waals surface area contributed by atoms with Crippen LogP contribution < -0.4 is 5.73 Å². The number of alkyl halides is 1. The largest absolute Gasteiger partial charge is 0.375 e. The van der Waals surface area contributed by atoms with Gasteiger partial charge in [-0.15, -0.1) is 0 Å². The Bertz CT molecular complexity index is 162. The molecule has 0 aromatic rings. The molecule has 2 nitrogen and oxygen atoms in total. The molecule has 13 heavy (non-hydrogen) atoms. The first kappa shape index (κ1) is 9.41. The van der Waals surface area contributed by atoms with Crippen LogP contribution in [0.1, 0.15) is 38.5 Å². The van der Waals surface area contributed by atoms with Crippen molar-refractivity contribution in [3.05, 3.63) is 0 Å². The van der Waals surface area contributed by atoms with Crippen molar-refractivity contribution in [1.29, 1.82) is 0 Å². The molecule has 0 unspecified atom stereocenters. The van der Waals surface area contributed by atoms with Crippen molar-refractivity contribution in [2.75, 3.05) is 0 Å². The number of halogens is 1. The smallest absolute Gasteiger partial charge is 0.105 e. The summed E-state index contributed by atoms with van der Waals surface area (Å²) in [4.78, 5) is 0. The molecule has 0 bridgehead atoms. The fourth-order valence-electron chi connectivity index (χ4n) is 2.11. The molecular weight excluding hydrogens is 169 g/mol. The first-order chi connectivity index (χ1) is 6.24. The van der Waals surface area contributed by atoms with Gasteiger partial charge < -0.3 is 10.5 Å². The Hall–Kier alpha value is -0.150. The van der Waals surface area contributed by atoms with Gasteiger partial charge >= 0.3 is 0 Å². The van der Waals surface area contributed by atoms with Crippen LogP contribution in [0.15, 0.2) is 0 Å². The van der Waals surface area contributed by atoms with E-state index in [1.165, 1.54) is 0 Å². The van der Waals surface area contributed by atoms with Crippen LogP contribution >= 0.6 is 0 Å². The van der Waals surface area contributed by atoms with Gasteiger partial charge in [0.1, 0.15) is 6.17 Å². The zero-order valence-electron chi connectivity index (χ0n) is 7.92. The maximum Gasteiger partial charge on any atom is 0.105 e. The lowest BCUT2D eigenvalue weighted by Gasteiger charge is -2.35. The van der Waals surface area contributed by atoms with E-state index in [9.17, 15) is 4.39 Å². The van der Waals surface area contributed by atoms with E-state index in [1.54, 1.807) is 0 Å². The summed E-state index contributed by atoms with van der Waals surface area (Å²) in [6, 6.07) is 0.371.